The Balaban J connectivity index is 2.66. The van der Waals surface area contributed by atoms with Crippen LogP contribution in [0.2, 0.25) is 0 Å². The van der Waals surface area contributed by atoms with E-state index in [0.29, 0.717) is 5.52 Å². The zero-order valence-electron chi connectivity index (χ0n) is 9.45. The number of aliphatic hydroxyl groups is 1. The number of nitrogens with one attached hydrogen (secondary N) is 1. The summed E-state index contributed by atoms with van der Waals surface area (Å²) in [4.78, 5) is 14.0. The maximum Gasteiger partial charge on any atom is 0.416 e. The lowest BCUT2D eigenvalue weighted by atomic mass is 10.2. The number of halogens is 3. The summed E-state index contributed by atoms with van der Waals surface area (Å²) in [5, 5.41) is 9.02. The number of nitrogens with zero attached hydrogens (tertiary/aromatic N) is 1. The molecule has 1 aromatic heterocycles. The van der Waals surface area contributed by atoms with Crippen molar-refractivity contribution in [3.05, 3.63) is 34.2 Å². The lowest BCUT2D eigenvalue weighted by Crippen LogP contribution is -2.22. The first-order valence-corrected chi connectivity index (χ1v) is 5.27. The third-order valence-corrected chi connectivity index (χ3v) is 2.75. The average molecular weight is 260 g/mol. The normalized spacial score (nSPS) is 14.1. The number of imidazole rings is 1. The second kappa shape index (κ2) is 4.16. The molecule has 4 nitrogen and oxygen atoms in total. The Morgan fingerprint density at radius 3 is 2.67 bits per heavy atom. The van der Waals surface area contributed by atoms with Gasteiger partial charge in [0.25, 0.3) is 0 Å². The molecule has 0 unspecified atom stereocenters. The van der Waals surface area contributed by atoms with Gasteiger partial charge in [0.15, 0.2) is 0 Å². The minimum absolute atomic E-state index is 0.107. The maximum atomic E-state index is 12.5. The molecule has 18 heavy (non-hydrogen) atoms. The van der Waals surface area contributed by atoms with Crippen LogP contribution in [0.25, 0.3) is 11.0 Å². The van der Waals surface area contributed by atoms with Crippen molar-refractivity contribution in [3.63, 3.8) is 0 Å². The number of aromatic nitrogens is 2. The Kier molecular flexibility index (Phi) is 2.94. The molecule has 7 heteroatoms. The van der Waals surface area contributed by atoms with Crippen LogP contribution in [-0.2, 0) is 6.18 Å². The number of rotatable bonds is 2. The molecule has 0 radical (unpaired) electrons. The van der Waals surface area contributed by atoms with Gasteiger partial charge in [0.1, 0.15) is 0 Å². The lowest BCUT2D eigenvalue weighted by molar-refractivity contribution is -0.137. The number of alkyl halides is 3. The smallest absolute Gasteiger partial charge is 0.394 e. The molecule has 0 aliphatic carbocycles. The molecule has 0 amide bonds. The molecule has 2 aromatic rings. The molecule has 0 saturated carbocycles. The van der Waals surface area contributed by atoms with E-state index < -0.39 is 23.5 Å². The van der Waals surface area contributed by atoms with Gasteiger partial charge in [-0.2, -0.15) is 13.2 Å². The Morgan fingerprint density at radius 2 is 2.11 bits per heavy atom. The SMILES string of the molecule is C[C@H](CO)n1c(=O)[nH]c2cc(C(F)(F)F)ccc21. The topological polar surface area (TPSA) is 58.0 Å². The first-order valence-electron chi connectivity index (χ1n) is 5.27. The third kappa shape index (κ3) is 2.01. The van der Waals surface area contributed by atoms with Crippen LogP contribution in [-0.4, -0.2) is 21.3 Å². The molecule has 0 fully saturated rings. The van der Waals surface area contributed by atoms with Gasteiger partial charge >= 0.3 is 11.9 Å². The first-order chi connectivity index (χ1) is 8.34. The van der Waals surface area contributed by atoms with Crippen LogP contribution in [0.1, 0.15) is 18.5 Å². The summed E-state index contributed by atoms with van der Waals surface area (Å²) in [5.74, 6) is 0. The quantitative estimate of drug-likeness (QED) is 0.866. The molecule has 1 atom stereocenters. The average Bonchev–Trinajstić information content (AvgIpc) is 2.61. The van der Waals surface area contributed by atoms with Gasteiger partial charge in [-0.1, -0.05) is 0 Å². The van der Waals surface area contributed by atoms with Gasteiger partial charge in [-0.25, -0.2) is 4.79 Å². The van der Waals surface area contributed by atoms with E-state index in [1.807, 2.05) is 0 Å². The number of aromatic amines is 1. The number of benzene rings is 1. The summed E-state index contributed by atoms with van der Waals surface area (Å²) in [6.07, 6.45) is -4.45. The van der Waals surface area contributed by atoms with Gasteiger partial charge in [-0.3, -0.25) is 4.57 Å². The van der Waals surface area contributed by atoms with Crippen LogP contribution < -0.4 is 5.69 Å². The van der Waals surface area contributed by atoms with Crippen molar-refractivity contribution < 1.29 is 18.3 Å². The van der Waals surface area contributed by atoms with E-state index in [1.54, 1.807) is 6.92 Å². The van der Waals surface area contributed by atoms with Crippen molar-refractivity contribution >= 4 is 11.0 Å². The Hall–Kier alpha value is -1.76. The van der Waals surface area contributed by atoms with Crippen molar-refractivity contribution in [1.29, 1.82) is 0 Å². The van der Waals surface area contributed by atoms with Gasteiger partial charge in [-0.05, 0) is 25.1 Å². The van der Waals surface area contributed by atoms with Crippen molar-refractivity contribution in [1.82, 2.24) is 9.55 Å². The number of aliphatic hydroxyl groups excluding tert-OH is 1. The Bertz CT molecular complexity index is 627. The van der Waals surface area contributed by atoms with E-state index in [4.69, 9.17) is 5.11 Å². The molecular formula is C11H11F3N2O2. The van der Waals surface area contributed by atoms with E-state index in [1.165, 1.54) is 10.6 Å². The summed E-state index contributed by atoms with van der Waals surface area (Å²) in [5.41, 5.74) is -0.907. The molecule has 0 aliphatic heterocycles. The van der Waals surface area contributed by atoms with Crippen molar-refractivity contribution in [2.24, 2.45) is 0 Å². The van der Waals surface area contributed by atoms with Gasteiger partial charge < -0.3 is 10.1 Å². The molecule has 1 heterocycles. The molecule has 1 aromatic carbocycles. The van der Waals surface area contributed by atoms with Crippen molar-refractivity contribution in [2.45, 2.75) is 19.1 Å². The summed E-state index contributed by atoms with van der Waals surface area (Å²) < 4.78 is 38.8. The number of fused-ring (bicyclic) bond motifs is 1. The summed E-state index contributed by atoms with van der Waals surface area (Å²) >= 11 is 0. The van der Waals surface area contributed by atoms with Crippen LogP contribution in [0, 0.1) is 0 Å². The van der Waals surface area contributed by atoms with E-state index in [0.717, 1.165) is 12.1 Å². The van der Waals surface area contributed by atoms with Crippen LogP contribution >= 0.6 is 0 Å². The molecule has 0 bridgehead atoms. The highest BCUT2D eigenvalue weighted by Crippen LogP contribution is 2.31. The second-order valence-corrected chi connectivity index (χ2v) is 4.06. The third-order valence-electron chi connectivity index (χ3n) is 2.75. The van der Waals surface area contributed by atoms with E-state index in [2.05, 4.69) is 4.98 Å². The summed E-state index contributed by atoms with van der Waals surface area (Å²) in [7, 11) is 0. The fourth-order valence-corrected chi connectivity index (χ4v) is 1.83. The lowest BCUT2D eigenvalue weighted by Gasteiger charge is -2.10. The fraction of sp³-hybridized carbons (Fsp3) is 0.364. The minimum atomic E-state index is -4.45. The molecular weight excluding hydrogens is 249 g/mol. The standard InChI is InChI=1S/C11H11F3N2O2/c1-6(5-17)16-9-3-2-7(11(12,13)14)4-8(9)15-10(16)18/h2-4,6,17H,5H2,1H3,(H,15,18)/t6-/m1/s1. The highest BCUT2D eigenvalue weighted by Gasteiger charge is 2.31. The molecule has 2 N–H and O–H groups in total. The minimum Gasteiger partial charge on any atom is -0.394 e. The van der Waals surface area contributed by atoms with Crippen LogP contribution in [0.4, 0.5) is 13.2 Å². The first kappa shape index (κ1) is 12.7. The van der Waals surface area contributed by atoms with E-state index in [-0.39, 0.29) is 12.1 Å². The number of hydrogen-bond donors (Lipinski definition) is 2. The maximum absolute atomic E-state index is 12.5. The number of H-pyrrole nitrogens is 1. The van der Waals surface area contributed by atoms with Crippen molar-refractivity contribution in [2.75, 3.05) is 6.61 Å². The highest BCUT2D eigenvalue weighted by molar-refractivity contribution is 5.76. The van der Waals surface area contributed by atoms with Gasteiger partial charge in [0.2, 0.25) is 0 Å². The molecule has 98 valence electrons. The van der Waals surface area contributed by atoms with Gasteiger partial charge in [0, 0.05) is 0 Å². The molecule has 0 aliphatic rings. The fourth-order valence-electron chi connectivity index (χ4n) is 1.83. The highest BCUT2D eigenvalue weighted by atomic mass is 19.4. The predicted octanol–water partition coefficient (Wildman–Crippen LogP) is 1.90. The zero-order valence-corrected chi connectivity index (χ0v) is 9.45. The second-order valence-electron chi connectivity index (χ2n) is 4.06. The number of hydrogen-bond acceptors (Lipinski definition) is 2. The van der Waals surface area contributed by atoms with Crippen LogP contribution in [0.3, 0.4) is 0 Å². The molecule has 0 saturated heterocycles. The Labute approximate surface area is 99.7 Å². The van der Waals surface area contributed by atoms with Gasteiger partial charge in [0.05, 0.1) is 29.2 Å². The van der Waals surface area contributed by atoms with E-state index >= 15 is 0 Å². The van der Waals surface area contributed by atoms with Crippen molar-refractivity contribution in [3.8, 4) is 0 Å². The Morgan fingerprint density at radius 1 is 1.44 bits per heavy atom. The zero-order chi connectivity index (χ0) is 13.5. The van der Waals surface area contributed by atoms with Crippen LogP contribution in [0.5, 0.6) is 0 Å². The molecule has 0 spiro atoms. The summed E-state index contributed by atoms with van der Waals surface area (Å²) in [6, 6.07) is 2.53. The predicted molar refractivity (Wildman–Crippen MR) is 59.4 cm³/mol. The molecule has 2 rings (SSSR count). The van der Waals surface area contributed by atoms with Crippen LogP contribution in [0.15, 0.2) is 23.0 Å². The largest absolute Gasteiger partial charge is 0.416 e. The van der Waals surface area contributed by atoms with Gasteiger partial charge in [-0.15, -0.1) is 0 Å². The summed E-state index contributed by atoms with van der Waals surface area (Å²) in [6.45, 7) is 1.33. The van der Waals surface area contributed by atoms with E-state index in [9.17, 15) is 18.0 Å². The monoisotopic (exact) mass is 260 g/mol.